The minimum absolute atomic E-state index is 0.0592. The van der Waals surface area contributed by atoms with E-state index in [0.29, 0.717) is 5.88 Å². The first-order chi connectivity index (χ1) is 15.2. The molecule has 170 valence electrons. The lowest BCUT2D eigenvalue weighted by Gasteiger charge is -2.27. The predicted molar refractivity (Wildman–Crippen MR) is 118 cm³/mol. The molecule has 4 heterocycles. The number of carbonyl (C=O) groups excluding carboxylic acids is 1. The smallest absolute Gasteiger partial charge is 0.410 e. The lowest BCUT2D eigenvalue weighted by atomic mass is 9.85. The molecular formula is C23H30N6O3. The molecule has 1 aliphatic carbocycles. The Kier molecular flexibility index (Phi) is 4.87. The van der Waals surface area contributed by atoms with E-state index in [9.17, 15) is 4.79 Å². The molecule has 1 amide bonds. The molecule has 3 aromatic heterocycles. The van der Waals surface area contributed by atoms with Crippen molar-refractivity contribution in [2.75, 3.05) is 13.1 Å². The molecule has 1 aliphatic heterocycles. The Labute approximate surface area is 187 Å². The number of rotatable bonds is 3. The topological polar surface area (TPSA) is 86.8 Å². The molecule has 0 bridgehead atoms. The molecule has 9 nitrogen and oxygen atoms in total. The van der Waals surface area contributed by atoms with Crippen LogP contribution in [0.15, 0.2) is 30.9 Å². The van der Waals surface area contributed by atoms with Gasteiger partial charge in [0.05, 0.1) is 24.3 Å². The second-order valence-corrected chi connectivity index (χ2v) is 10.1. The van der Waals surface area contributed by atoms with Gasteiger partial charge in [0.15, 0.2) is 0 Å². The van der Waals surface area contributed by atoms with Gasteiger partial charge in [-0.25, -0.2) is 14.3 Å². The van der Waals surface area contributed by atoms with E-state index in [2.05, 4.69) is 10.2 Å². The van der Waals surface area contributed by atoms with Crippen molar-refractivity contribution >= 4 is 11.6 Å². The third kappa shape index (κ3) is 4.03. The van der Waals surface area contributed by atoms with E-state index in [1.165, 1.54) is 0 Å². The molecule has 2 aliphatic rings. The summed E-state index contributed by atoms with van der Waals surface area (Å²) in [5, 5.41) is 8.64. The summed E-state index contributed by atoms with van der Waals surface area (Å²) in [5.74, 6) is 0.591. The van der Waals surface area contributed by atoms with E-state index in [1.807, 2.05) is 51.2 Å². The van der Waals surface area contributed by atoms with Gasteiger partial charge >= 0.3 is 6.09 Å². The average molecular weight is 439 g/mol. The number of carbonyl (C=O) groups is 1. The van der Waals surface area contributed by atoms with E-state index >= 15 is 0 Å². The summed E-state index contributed by atoms with van der Waals surface area (Å²) in [6, 6.07) is 1.92. The molecule has 1 spiro atoms. The maximum Gasteiger partial charge on any atom is 0.410 e. The zero-order valence-electron chi connectivity index (χ0n) is 19.1. The van der Waals surface area contributed by atoms with E-state index in [-0.39, 0.29) is 17.6 Å². The lowest BCUT2D eigenvalue weighted by molar-refractivity contribution is 0.0271. The quantitative estimate of drug-likeness (QED) is 0.620. The van der Waals surface area contributed by atoms with Crippen LogP contribution in [0.1, 0.15) is 46.5 Å². The third-order valence-corrected chi connectivity index (χ3v) is 6.38. The van der Waals surface area contributed by atoms with Gasteiger partial charge in [-0.15, -0.1) is 0 Å². The first kappa shape index (κ1) is 20.8. The largest absolute Gasteiger partial charge is 0.473 e. The van der Waals surface area contributed by atoms with Crippen LogP contribution in [-0.4, -0.2) is 60.2 Å². The van der Waals surface area contributed by atoms with Crippen LogP contribution >= 0.6 is 0 Å². The van der Waals surface area contributed by atoms with Gasteiger partial charge in [-0.05, 0) is 57.9 Å². The number of likely N-dealkylation sites (tertiary alicyclic amines) is 1. The number of aromatic nitrogens is 5. The van der Waals surface area contributed by atoms with Crippen molar-refractivity contribution in [3.63, 3.8) is 0 Å². The molecule has 32 heavy (non-hydrogen) atoms. The Balaban J connectivity index is 1.31. The van der Waals surface area contributed by atoms with Gasteiger partial charge in [-0.3, -0.25) is 4.68 Å². The zero-order chi connectivity index (χ0) is 22.5. The van der Waals surface area contributed by atoms with Gasteiger partial charge in [0.1, 0.15) is 17.2 Å². The Bertz CT molecular complexity index is 1150. The highest BCUT2D eigenvalue weighted by atomic mass is 16.6. The molecule has 2 atom stereocenters. The Morgan fingerprint density at radius 3 is 2.81 bits per heavy atom. The SMILES string of the molecule is Cn1cc(-c2cn3nccc3c(OC3CCC4(CCN(C(=O)OC(C)(C)C)C4)C3)n2)cn1. The molecule has 2 fully saturated rings. The van der Waals surface area contributed by atoms with Crippen LogP contribution < -0.4 is 4.74 Å². The highest BCUT2D eigenvalue weighted by molar-refractivity contribution is 5.68. The van der Waals surface area contributed by atoms with Crippen molar-refractivity contribution in [2.45, 2.75) is 58.2 Å². The minimum atomic E-state index is -0.476. The predicted octanol–water partition coefficient (Wildman–Crippen LogP) is 3.69. The summed E-state index contributed by atoms with van der Waals surface area (Å²) in [7, 11) is 1.88. The maximum absolute atomic E-state index is 12.5. The summed E-state index contributed by atoms with van der Waals surface area (Å²) >= 11 is 0. The number of hydrogen-bond donors (Lipinski definition) is 0. The van der Waals surface area contributed by atoms with E-state index in [0.717, 1.165) is 55.5 Å². The summed E-state index contributed by atoms with van der Waals surface area (Å²) in [6.45, 7) is 7.18. The summed E-state index contributed by atoms with van der Waals surface area (Å²) in [5.41, 5.74) is 2.16. The van der Waals surface area contributed by atoms with Crippen LogP contribution in [0.25, 0.3) is 16.8 Å². The molecule has 0 aromatic carbocycles. The van der Waals surface area contributed by atoms with Crippen molar-refractivity contribution in [3.05, 3.63) is 30.9 Å². The fraction of sp³-hybridized carbons (Fsp3) is 0.565. The van der Waals surface area contributed by atoms with Crippen LogP contribution in [0, 0.1) is 5.41 Å². The molecular weight excluding hydrogens is 408 g/mol. The van der Waals surface area contributed by atoms with Gasteiger partial charge in [0, 0.05) is 31.9 Å². The zero-order valence-corrected chi connectivity index (χ0v) is 19.1. The highest BCUT2D eigenvalue weighted by Crippen LogP contribution is 2.47. The molecule has 9 heteroatoms. The molecule has 0 N–H and O–H groups in total. The van der Waals surface area contributed by atoms with E-state index in [1.54, 1.807) is 21.6 Å². The summed E-state index contributed by atoms with van der Waals surface area (Å²) in [6.07, 6.45) is 11.1. The molecule has 5 rings (SSSR count). The number of amides is 1. The number of fused-ring (bicyclic) bond motifs is 1. The second-order valence-electron chi connectivity index (χ2n) is 10.1. The number of ether oxygens (including phenoxy) is 2. The summed E-state index contributed by atoms with van der Waals surface area (Å²) < 4.78 is 15.6. The van der Waals surface area contributed by atoms with Crippen LogP contribution in [0.5, 0.6) is 5.88 Å². The standard InChI is InChI=1S/C23H30N6O3/c1-22(2,3)32-21(30)28-10-8-23(15-28)7-5-17(11-23)31-20-19-6-9-24-29(19)14-18(26-20)16-12-25-27(4)13-16/h6,9,12-14,17H,5,7-8,10-11,15H2,1-4H3. The Hall–Kier alpha value is -3.10. The van der Waals surface area contributed by atoms with Crippen LogP contribution in [-0.2, 0) is 11.8 Å². The second kappa shape index (κ2) is 7.50. The highest BCUT2D eigenvalue weighted by Gasteiger charge is 2.47. The van der Waals surface area contributed by atoms with E-state index < -0.39 is 5.60 Å². The monoisotopic (exact) mass is 438 g/mol. The minimum Gasteiger partial charge on any atom is -0.473 e. The summed E-state index contributed by atoms with van der Waals surface area (Å²) in [4.78, 5) is 19.2. The third-order valence-electron chi connectivity index (χ3n) is 6.38. The van der Waals surface area contributed by atoms with Crippen molar-refractivity contribution in [1.82, 2.24) is 29.3 Å². The van der Waals surface area contributed by atoms with E-state index in [4.69, 9.17) is 14.5 Å². The van der Waals surface area contributed by atoms with Crippen molar-refractivity contribution in [1.29, 1.82) is 0 Å². The Morgan fingerprint density at radius 2 is 2.06 bits per heavy atom. The number of hydrogen-bond acceptors (Lipinski definition) is 6. The van der Waals surface area contributed by atoms with Crippen molar-refractivity contribution in [2.24, 2.45) is 12.5 Å². The number of nitrogens with zero attached hydrogens (tertiary/aromatic N) is 6. The van der Waals surface area contributed by atoms with Gasteiger partial charge in [0.25, 0.3) is 0 Å². The van der Waals surface area contributed by atoms with Gasteiger partial charge in [-0.2, -0.15) is 10.2 Å². The molecule has 0 radical (unpaired) electrons. The molecule has 1 saturated heterocycles. The molecule has 1 saturated carbocycles. The fourth-order valence-electron chi connectivity index (χ4n) is 4.88. The first-order valence-corrected chi connectivity index (χ1v) is 11.2. The number of aryl methyl sites for hydroxylation is 1. The van der Waals surface area contributed by atoms with Crippen molar-refractivity contribution in [3.8, 4) is 17.1 Å². The average Bonchev–Trinajstić information content (AvgIpc) is 3.49. The van der Waals surface area contributed by atoms with Gasteiger partial charge < -0.3 is 14.4 Å². The fourth-order valence-corrected chi connectivity index (χ4v) is 4.88. The lowest BCUT2D eigenvalue weighted by Crippen LogP contribution is -2.36. The maximum atomic E-state index is 12.5. The van der Waals surface area contributed by atoms with Crippen LogP contribution in [0.4, 0.5) is 4.79 Å². The Morgan fingerprint density at radius 1 is 1.22 bits per heavy atom. The van der Waals surface area contributed by atoms with Gasteiger partial charge in [-0.1, -0.05) is 0 Å². The molecule has 3 aromatic rings. The normalized spacial score (nSPS) is 23.4. The van der Waals surface area contributed by atoms with Crippen molar-refractivity contribution < 1.29 is 14.3 Å². The van der Waals surface area contributed by atoms with Crippen LogP contribution in [0.3, 0.4) is 0 Å². The van der Waals surface area contributed by atoms with Crippen LogP contribution in [0.2, 0.25) is 0 Å². The first-order valence-electron chi connectivity index (χ1n) is 11.2. The van der Waals surface area contributed by atoms with Gasteiger partial charge in [0.2, 0.25) is 5.88 Å². The molecule has 2 unspecified atom stereocenters.